The summed E-state index contributed by atoms with van der Waals surface area (Å²) in [5.74, 6) is 0.627. The quantitative estimate of drug-likeness (QED) is 0.680. The zero-order valence-electron chi connectivity index (χ0n) is 10.5. The number of aromatic nitrogens is 3. The molecule has 0 amide bonds. The zero-order valence-corrected chi connectivity index (χ0v) is 14.5. The molecule has 102 valence electrons. The Morgan fingerprint density at radius 1 is 1.35 bits per heavy atom. The van der Waals surface area contributed by atoms with E-state index in [9.17, 15) is 0 Å². The first-order valence-corrected chi connectivity index (χ1v) is 8.16. The van der Waals surface area contributed by atoms with Crippen molar-refractivity contribution in [2.45, 2.75) is 0 Å². The van der Waals surface area contributed by atoms with Gasteiger partial charge in [-0.15, -0.1) is 11.3 Å². The molecule has 0 aliphatic heterocycles. The highest BCUT2D eigenvalue weighted by molar-refractivity contribution is 9.12. The van der Waals surface area contributed by atoms with E-state index in [1.165, 1.54) is 0 Å². The third kappa shape index (κ3) is 2.30. The molecule has 0 radical (unpaired) electrons. The molecule has 3 heterocycles. The number of aryl methyl sites for hydroxylation is 1. The van der Waals surface area contributed by atoms with Crippen LogP contribution in [0, 0.1) is 0 Å². The van der Waals surface area contributed by atoms with Crippen molar-refractivity contribution in [3.8, 4) is 22.4 Å². The van der Waals surface area contributed by atoms with E-state index in [2.05, 4.69) is 41.9 Å². The van der Waals surface area contributed by atoms with Gasteiger partial charge < -0.3 is 5.73 Å². The summed E-state index contributed by atoms with van der Waals surface area (Å²) in [7, 11) is 1.84. The SMILES string of the molecule is Cn1nc(-c2cc(Br)sc2Br)c(-c2cccnc2)c1N. The molecular formula is C13H10Br2N4S. The Labute approximate surface area is 136 Å². The lowest BCUT2D eigenvalue weighted by Crippen LogP contribution is -1.98. The van der Waals surface area contributed by atoms with Crippen molar-refractivity contribution in [3.05, 3.63) is 38.2 Å². The van der Waals surface area contributed by atoms with Gasteiger partial charge in [-0.05, 0) is 44.0 Å². The van der Waals surface area contributed by atoms with Gasteiger partial charge in [-0.25, -0.2) is 0 Å². The highest BCUT2D eigenvalue weighted by Gasteiger charge is 2.20. The standard InChI is InChI=1S/C13H10Br2N4S/c1-19-13(16)10(7-3-2-4-17-6-7)11(18-19)8-5-9(14)20-12(8)15/h2-6H,16H2,1H3. The number of anilines is 1. The fourth-order valence-electron chi connectivity index (χ4n) is 2.02. The number of halogens is 2. The van der Waals surface area contributed by atoms with Gasteiger partial charge in [0.25, 0.3) is 0 Å². The average molecular weight is 414 g/mol. The normalized spacial score (nSPS) is 10.9. The van der Waals surface area contributed by atoms with Crippen LogP contribution in [0.4, 0.5) is 5.82 Å². The third-order valence-electron chi connectivity index (χ3n) is 2.95. The molecular weight excluding hydrogens is 404 g/mol. The first-order chi connectivity index (χ1) is 9.58. The van der Waals surface area contributed by atoms with Crippen LogP contribution in [-0.2, 0) is 7.05 Å². The molecule has 3 aromatic rings. The summed E-state index contributed by atoms with van der Waals surface area (Å²) >= 11 is 8.68. The number of hydrogen-bond acceptors (Lipinski definition) is 4. The topological polar surface area (TPSA) is 56.7 Å². The molecule has 0 aromatic carbocycles. The molecule has 0 fully saturated rings. The second-order valence-electron chi connectivity index (χ2n) is 4.21. The lowest BCUT2D eigenvalue weighted by molar-refractivity contribution is 0.782. The Morgan fingerprint density at radius 3 is 2.75 bits per heavy atom. The Kier molecular flexibility index (Phi) is 3.66. The smallest absolute Gasteiger partial charge is 0.129 e. The minimum atomic E-state index is 0.627. The van der Waals surface area contributed by atoms with Crippen molar-refractivity contribution >= 4 is 49.0 Å². The van der Waals surface area contributed by atoms with Crippen molar-refractivity contribution in [3.63, 3.8) is 0 Å². The van der Waals surface area contributed by atoms with Gasteiger partial charge in [-0.1, -0.05) is 6.07 Å². The van der Waals surface area contributed by atoms with E-state index in [0.717, 1.165) is 30.0 Å². The summed E-state index contributed by atoms with van der Waals surface area (Å²) in [5.41, 5.74) is 9.92. The molecule has 0 aliphatic rings. The number of hydrogen-bond donors (Lipinski definition) is 1. The van der Waals surface area contributed by atoms with E-state index in [1.54, 1.807) is 28.4 Å². The average Bonchev–Trinajstić information content (AvgIpc) is 2.91. The second kappa shape index (κ2) is 5.31. The fraction of sp³-hybridized carbons (Fsp3) is 0.0769. The van der Waals surface area contributed by atoms with Gasteiger partial charge in [-0.2, -0.15) is 5.10 Å². The maximum atomic E-state index is 6.18. The molecule has 0 bridgehead atoms. The first-order valence-electron chi connectivity index (χ1n) is 5.76. The molecule has 0 unspecified atom stereocenters. The van der Waals surface area contributed by atoms with Crippen LogP contribution in [-0.4, -0.2) is 14.8 Å². The van der Waals surface area contributed by atoms with Gasteiger partial charge >= 0.3 is 0 Å². The summed E-state index contributed by atoms with van der Waals surface area (Å²) < 4.78 is 3.75. The highest BCUT2D eigenvalue weighted by Crippen LogP contribution is 2.43. The number of thiophene rings is 1. The second-order valence-corrected chi connectivity index (χ2v) is 7.96. The number of nitrogen functional groups attached to an aromatic ring is 1. The Morgan fingerprint density at radius 2 is 2.15 bits per heavy atom. The van der Waals surface area contributed by atoms with E-state index in [1.807, 2.05) is 25.2 Å². The van der Waals surface area contributed by atoms with Crippen LogP contribution in [0.1, 0.15) is 0 Å². The number of nitrogens with zero attached hydrogens (tertiary/aromatic N) is 3. The zero-order chi connectivity index (χ0) is 14.3. The highest BCUT2D eigenvalue weighted by atomic mass is 79.9. The van der Waals surface area contributed by atoms with E-state index >= 15 is 0 Å². The van der Waals surface area contributed by atoms with Crippen LogP contribution in [0.5, 0.6) is 0 Å². The van der Waals surface area contributed by atoms with Crippen LogP contribution in [0.3, 0.4) is 0 Å². The van der Waals surface area contributed by atoms with Gasteiger partial charge in [0.05, 0.1) is 13.1 Å². The van der Waals surface area contributed by atoms with Crippen molar-refractivity contribution < 1.29 is 0 Å². The number of nitrogens with two attached hydrogens (primary N) is 1. The van der Waals surface area contributed by atoms with Crippen LogP contribution < -0.4 is 5.73 Å². The van der Waals surface area contributed by atoms with Gasteiger partial charge in [0, 0.05) is 30.6 Å². The van der Waals surface area contributed by atoms with E-state index in [-0.39, 0.29) is 0 Å². The lowest BCUT2D eigenvalue weighted by Gasteiger charge is -2.02. The Hall–Kier alpha value is -1.18. The maximum absolute atomic E-state index is 6.18. The molecule has 3 rings (SSSR count). The summed E-state index contributed by atoms with van der Waals surface area (Å²) in [5, 5.41) is 4.55. The van der Waals surface area contributed by atoms with Gasteiger partial charge in [0.15, 0.2) is 0 Å². The molecule has 0 saturated heterocycles. The van der Waals surface area contributed by atoms with Gasteiger partial charge in [-0.3, -0.25) is 9.67 Å². The van der Waals surface area contributed by atoms with Gasteiger partial charge in [0.2, 0.25) is 0 Å². The largest absolute Gasteiger partial charge is 0.383 e. The monoisotopic (exact) mass is 412 g/mol. The summed E-state index contributed by atoms with van der Waals surface area (Å²) in [6, 6.07) is 5.92. The van der Waals surface area contributed by atoms with Crippen LogP contribution in [0.25, 0.3) is 22.4 Å². The molecule has 0 spiro atoms. The Balaban J connectivity index is 2.28. The minimum Gasteiger partial charge on any atom is -0.383 e. The van der Waals surface area contributed by atoms with Crippen molar-refractivity contribution in [2.75, 3.05) is 5.73 Å². The van der Waals surface area contributed by atoms with E-state index in [0.29, 0.717) is 5.82 Å². The summed E-state index contributed by atoms with van der Waals surface area (Å²) in [6.07, 6.45) is 3.54. The number of rotatable bonds is 2. The van der Waals surface area contributed by atoms with Crippen LogP contribution in [0.15, 0.2) is 38.2 Å². The maximum Gasteiger partial charge on any atom is 0.129 e. The van der Waals surface area contributed by atoms with Gasteiger partial charge in [0.1, 0.15) is 11.5 Å². The van der Waals surface area contributed by atoms with Crippen molar-refractivity contribution in [2.24, 2.45) is 7.05 Å². The molecule has 3 aromatic heterocycles. The molecule has 0 saturated carbocycles. The summed E-state index contributed by atoms with van der Waals surface area (Å²) in [6.45, 7) is 0. The fourth-order valence-corrected chi connectivity index (χ4v) is 4.83. The molecule has 7 heteroatoms. The predicted molar refractivity (Wildman–Crippen MR) is 89.6 cm³/mol. The number of pyridine rings is 1. The van der Waals surface area contributed by atoms with E-state index in [4.69, 9.17) is 5.73 Å². The molecule has 0 aliphatic carbocycles. The lowest BCUT2D eigenvalue weighted by atomic mass is 10.0. The molecule has 0 atom stereocenters. The molecule has 4 nitrogen and oxygen atoms in total. The van der Waals surface area contributed by atoms with E-state index < -0.39 is 0 Å². The van der Waals surface area contributed by atoms with Crippen molar-refractivity contribution in [1.82, 2.24) is 14.8 Å². The van der Waals surface area contributed by atoms with Crippen LogP contribution >= 0.6 is 43.2 Å². The molecule has 2 N–H and O–H groups in total. The minimum absolute atomic E-state index is 0.627. The molecule has 20 heavy (non-hydrogen) atoms. The summed E-state index contributed by atoms with van der Waals surface area (Å²) in [4.78, 5) is 4.16. The van der Waals surface area contributed by atoms with Crippen LogP contribution in [0.2, 0.25) is 0 Å². The third-order valence-corrected chi connectivity index (χ3v) is 5.29. The predicted octanol–water partition coefficient (Wildman–Crippen LogP) is 4.32. The first kappa shape index (κ1) is 13.8. The van der Waals surface area contributed by atoms with Crippen molar-refractivity contribution in [1.29, 1.82) is 0 Å². The Bertz CT molecular complexity index is 764.